The third-order valence-corrected chi connectivity index (χ3v) is 2.94. The van der Waals surface area contributed by atoms with Gasteiger partial charge < -0.3 is 11.1 Å². The predicted molar refractivity (Wildman–Crippen MR) is 73.0 cm³/mol. The number of benzene rings is 2. The molecule has 0 saturated carbocycles. The van der Waals surface area contributed by atoms with E-state index in [1.807, 2.05) is 30.3 Å². The SMILES string of the molecule is N#Cc1ccc(Nc2ccc(N)cc2)c(Br)c1. The molecule has 0 radical (unpaired) electrons. The highest BCUT2D eigenvalue weighted by atomic mass is 79.9. The molecule has 0 aromatic heterocycles. The van der Waals surface area contributed by atoms with Crippen LogP contribution < -0.4 is 11.1 Å². The van der Waals surface area contributed by atoms with Crippen LogP contribution in [0.15, 0.2) is 46.9 Å². The van der Waals surface area contributed by atoms with E-state index in [0.717, 1.165) is 21.5 Å². The monoisotopic (exact) mass is 287 g/mol. The van der Waals surface area contributed by atoms with Crippen molar-refractivity contribution in [2.75, 3.05) is 11.1 Å². The van der Waals surface area contributed by atoms with Gasteiger partial charge in [-0.3, -0.25) is 0 Å². The number of anilines is 3. The topological polar surface area (TPSA) is 61.8 Å². The van der Waals surface area contributed by atoms with E-state index in [4.69, 9.17) is 11.0 Å². The molecule has 3 nitrogen and oxygen atoms in total. The van der Waals surface area contributed by atoms with E-state index < -0.39 is 0 Å². The lowest BCUT2D eigenvalue weighted by Crippen LogP contribution is -1.92. The molecule has 3 N–H and O–H groups in total. The average Bonchev–Trinajstić information content (AvgIpc) is 2.34. The Kier molecular flexibility index (Phi) is 3.31. The number of hydrogen-bond donors (Lipinski definition) is 2. The lowest BCUT2D eigenvalue weighted by Gasteiger charge is -2.08. The van der Waals surface area contributed by atoms with Crippen molar-refractivity contribution in [2.24, 2.45) is 0 Å². The molecular weight excluding hydrogens is 278 g/mol. The van der Waals surface area contributed by atoms with E-state index >= 15 is 0 Å². The molecule has 0 fully saturated rings. The summed E-state index contributed by atoms with van der Waals surface area (Å²) >= 11 is 3.42. The summed E-state index contributed by atoms with van der Waals surface area (Å²) in [7, 11) is 0. The van der Waals surface area contributed by atoms with Gasteiger partial charge >= 0.3 is 0 Å². The number of halogens is 1. The molecule has 0 aliphatic carbocycles. The fourth-order valence-corrected chi connectivity index (χ4v) is 1.89. The molecule has 0 aliphatic heterocycles. The van der Waals surface area contributed by atoms with Gasteiger partial charge in [-0.05, 0) is 58.4 Å². The Balaban J connectivity index is 2.25. The second kappa shape index (κ2) is 4.89. The highest BCUT2D eigenvalue weighted by molar-refractivity contribution is 9.10. The summed E-state index contributed by atoms with van der Waals surface area (Å²) in [4.78, 5) is 0. The van der Waals surface area contributed by atoms with Gasteiger partial charge in [0.05, 0.1) is 17.3 Å². The molecule has 0 atom stereocenters. The van der Waals surface area contributed by atoms with Crippen molar-refractivity contribution in [3.8, 4) is 6.07 Å². The molecule has 0 spiro atoms. The Bertz CT molecular complexity index is 570. The summed E-state index contributed by atoms with van der Waals surface area (Å²) in [6.07, 6.45) is 0. The molecule has 2 aromatic carbocycles. The van der Waals surface area contributed by atoms with Crippen molar-refractivity contribution in [2.45, 2.75) is 0 Å². The van der Waals surface area contributed by atoms with Crippen LogP contribution >= 0.6 is 15.9 Å². The number of nitriles is 1. The van der Waals surface area contributed by atoms with Gasteiger partial charge in [-0.15, -0.1) is 0 Å². The number of nitrogens with one attached hydrogen (secondary N) is 1. The third kappa shape index (κ3) is 2.77. The average molecular weight is 288 g/mol. The smallest absolute Gasteiger partial charge is 0.0992 e. The van der Waals surface area contributed by atoms with Gasteiger partial charge in [0.25, 0.3) is 0 Å². The first-order chi connectivity index (χ1) is 8.19. The van der Waals surface area contributed by atoms with Gasteiger partial charge in [0.2, 0.25) is 0 Å². The number of nitrogens with zero attached hydrogens (tertiary/aromatic N) is 1. The Morgan fingerprint density at radius 3 is 2.41 bits per heavy atom. The molecule has 0 bridgehead atoms. The summed E-state index contributed by atoms with van der Waals surface area (Å²) in [5.74, 6) is 0. The van der Waals surface area contributed by atoms with Crippen LogP contribution in [0.5, 0.6) is 0 Å². The zero-order valence-corrected chi connectivity index (χ0v) is 10.5. The quantitative estimate of drug-likeness (QED) is 0.829. The number of hydrogen-bond acceptors (Lipinski definition) is 3. The molecular formula is C13H10BrN3. The summed E-state index contributed by atoms with van der Waals surface area (Å²) in [6.45, 7) is 0. The van der Waals surface area contributed by atoms with Gasteiger partial charge in [0, 0.05) is 15.8 Å². The van der Waals surface area contributed by atoms with E-state index in [2.05, 4.69) is 27.3 Å². The van der Waals surface area contributed by atoms with Gasteiger partial charge in [-0.1, -0.05) is 0 Å². The first kappa shape index (κ1) is 11.5. The fraction of sp³-hybridized carbons (Fsp3) is 0. The molecule has 84 valence electrons. The highest BCUT2D eigenvalue weighted by Gasteiger charge is 2.01. The maximum absolute atomic E-state index is 8.77. The van der Waals surface area contributed by atoms with Crippen LogP contribution in [0.25, 0.3) is 0 Å². The van der Waals surface area contributed by atoms with Crippen LogP contribution in [0.3, 0.4) is 0 Å². The highest BCUT2D eigenvalue weighted by Crippen LogP contribution is 2.27. The van der Waals surface area contributed by atoms with Gasteiger partial charge in [-0.2, -0.15) is 5.26 Å². The van der Waals surface area contributed by atoms with Crippen LogP contribution in [0.1, 0.15) is 5.56 Å². The van der Waals surface area contributed by atoms with Gasteiger partial charge in [-0.25, -0.2) is 0 Å². The first-order valence-electron chi connectivity index (χ1n) is 5.01. The van der Waals surface area contributed by atoms with Crippen LogP contribution in [0.2, 0.25) is 0 Å². The summed E-state index contributed by atoms with van der Waals surface area (Å²) in [5, 5.41) is 12.0. The van der Waals surface area contributed by atoms with Crippen molar-refractivity contribution in [3.05, 3.63) is 52.5 Å². The van der Waals surface area contributed by atoms with Crippen LogP contribution in [-0.2, 0) is 0 Å². The molecule has 0 unspecified atom stereocenters. The Morgan fingerprint density at radius 1 is 1.12 bits per heavy atom. The van der Waals surface area contributed by atoms with E-state index in [0.29, 0.717) is 5.56 Å². The second-order valence-corrected chi connectivity index (χ2v) is 4.41. The molecule has 0 aliphatic rings. The largest absolute Gasteiger partial charge is 0.399 e. The van der Waals surface area contributed by atoms with E-state index in [-0.39, 0.29) is 0 Å². The maximum atomic E-state index is 8.77. The Morgan fingerprint density at radius 2 is 1.82 bits per heavy atom. The molecule has 2 aromatic rings. The first-order valence-corrected chi connectivity index (χ1v) is 5.80. The third-order valence-electron chi connectivity index (χ3n) is 2.29. The number of nitrogens with two attached hydrogens (primary N) is 1. The van der Waals surface area contributed by atoms with Gasteiger partial charge in [0.15, 0.2) is 0 Å². The van der Waals surface area contributed by atoms with Gasteiger partial charge in [0.1, 0.15) is 0 Å². The van der Waals surface area contributed by atoms with Crippen molar-refractivity contribution >= 4 is 33.0 Å². The summed E-state index contributed by atoms with van der Waals surface area (Å²) in [6, 6.07) is 15.0. The Labute approximate surface area is 108 Å². The standard InChI is InChI=1S/C13H10BrN3/c14-12-7-9(8-15)1-6-13(12)17-11-4-2-10(16)3-5-11/h1-7,17H,16H2. The minimum Gasteiger partial charge on any atom is -0.399 e. The number of nitrogen functional groups attached to an aromatic ring is 1. The Hall–Kier alpha value is -1.99. The number of rotatable bonds is 2. The molecule has 4 heteroatoms. The van der Waals surface area contributed by atoms with Crippen LogP contribution in [-0.4, -0.2) is 0 Å². The zero-order valence-electron chi connectivity index (χ0n) is 8.94. The summed E-state index contributed by atoms with van der Waals surface area (Å²) < 4.78 is 0.855. The molecule has 17 heavy (non-hydrogen) atoms. The van der Waals surface area contributed by atoms with Crippen molar-refractivity contribution in [1.29, 1.82) is 5.26 Å². The predicted octanol–water partition coefficient (Wildman–Crippen LogP) is 3.65. The fourth-order valence-electron chi connectivity index (χ4n) is 1.41. The molecule has 2 rings (SSSR count). The van der Waals surface area contributed by atoms with Crippen molar-refractivity contribution < 1.29 is 0 Å². The van der Waals surface area contributed by atoms with Crippen LogP contribution in [0.4, 0.5) is 17.1 Å². The minimum atomic E-state index is 0.625. The molecule has 0 saturated heterocycles. The lowest BCUT2D eigenvalue weighted by molar-refractivity contribution is 1.46. The van der Waals surface area contributed by atoms with Crippen LogP contribution in [0, 0.1) is 11.3 Å². The minimum absolute atomic E-state index is 0.625. The maximum Gasteiger partial charge on any atom is 0.0992 e. The molecule has 0 heterocycles. The van der Waals surface area contributed by atoms with E-state index in [9.17, 15) is 0 Å². The second-order valence-electron chi connectivity index (χ2n) is 3.55. The lowest BCUT2D eigenvalue weighted by atomic mass is 10.2. The van der Waals surface area contributed by atoms with Crippen molar-refractivity contribution in [1.82, 2.24) is 0 Å². The zero-order chi connectivity index (χ0) is 12.3. The van der Waals surface area contributed by atoms with E-state index in [1.54, 1.807) is 12.1 Å². The van der Waals surface area contributed by atoms with E-state index in [1.165, 1.54) is 0 Å². The molecule has 0 amide bonds. The summed E-state index contributed by atoms with van der Waals surface area (Å²) in [5.41, 5.74) is 8.83. The van der Waals surface area contributed by atoms with Crippen molar-refractivity contribution in [3.63, 3.8) is 0 Å². The normalized spacial score (nSPS) is 9.65.